The molecule has 19 heavy (non-hydrogen) atoms. The van der Waals surface area contributed by atoms with Gasteiger partial charge in [0.2, 0.25) is 0 Å². The number of thiophene rings is 1. The van der Waals surface area contributed by atoms with Gasteiger partial charge in [0, 0.05) is 24.9 Å². The molecule has 1 aromatic carbocycles. The molecule has 0 fully saturated rings. The van der Waals surface area contributed by atoms with Crippen molar-refractivity contribution < 1.29 is 9.90 Å². The summed E-state index contributed by atoms with van der Waals surface area (Å²) in [6, 6.07) is 9.75. The van der Waals surface area contributed by atoms with E-state index in [0.29, 0.717) is 10.0 Å². The molecule has 0 saturated carbocycles. The van der Waals surface area contributed by atoms with Crippen LogP contribution < -0.4 is 0 Å². The highest BCUT2D eigenvalue weighted by atomic mass is 79.9. The standard InChI is InChI=1S/C14H13BrO2S2/c1-2-9-3-4-11(19-9)8-18-10-5-6-13(15)12(7-10)14(16)17/h3-7H,2,8H2,1H3,(H,16,17). The van der Waals surface area contributed by atoms with Crippen LogP contribution in [0.5, 0.6) is 0 Å². The summed E-state index contributed by atoms with van der Waals surface area (Å²) in [4.78, 5) is 14.7. The fraction of sp³-hybridized carbons (Fsp3) is 0.214. The van der Waals surface area contributed by atoms with Crippen molar-refractivity contribution in [1.82, 2.24) is 0 Å². The van der Waals surface area contributed by atoms with Crippen LogP contribution in [-0.4, -0.2) is 11.1 Å². The molecule has 0 unspecified atom stereocenters. The number of thioether (sulfide) groups is 1. The zero-order valence-electron chi connectivity index (χ0n) is 10.4. The van der Waals surface area contributed by atoms with E-state index in [2.05, 4.69) is 35.0 Å². The minimum Gasteiger partial charge on any atom is -0.478 e. The Morgan fingerprint density at radius 3 is 2.68 bits per heavy atom. The topological polar surface area (TPSA) is 37.3 Å². The van der Waals surface area contributed by atoms with Crippen molar-refractivity contribution in [3.63, 3.8) is 0 Å². The minimum absolute atomic E-state index is 0.311. The van der Waals surface area contributed by atoms with Crippen molar-refractivity contribution in [2.45, 2.75) is 24.0 Å². The minimum atomic E-state index is -0.904. The summed E-state index contributed by atoms with van der Waals surface area (Å²) in [5.41, 5.74) is 0.311. The quantitative estimate of drug-likeness (QED) is 0.760. The second-order valence-corrected chi connectivity index (χ2v) is 7.11. The second-order valence-electron chi connectivity index (χ2n) is 3.96. The monoisotopic (exact) mass is 356 g/mol. The van der Waals surface area contributed by atoms with Crippen molar-refractivity contribution in [2.24, 2.45) is 0 Å². The van der Waals surface area contributed by atoms with Crippen molar-refractivity contribution in [3.05, 3.63) is 50.1 Å². The molecule has 5 heteroatoms. The molecule has 2 rings (SSSR count). The van der Waals surface area contributed by atoms with Crippen LogP contribution in [0, 0.1) is 0 Å². The number of carboxylic acids is 1. The summed E-state index contributed by atoms with van der Waals surface area (Å²) in [6.07, 6.45) is 1.07. The summed E-state index contributed by atoms with van der Waals surface area (Å²) in [6.45, 7) is 2.15. The third-order valence-corrected chi connectivity index (χ3v) is 5.76. The molecular weight excluding hydrogens is 344 g/mol. The van der Waals surface area contributed by atoms with Gasteiger partial charge in [-0.1, -0.05) is 6.92 Å². The lowest BCUT2D eigenvalue weighted by Crippen LogP contribution is -1.97. The Bertz CT molecular complexity index is 593. The summed E-state index contributed by atoms with van der Waals surface area (Å²) in [5.74, 6) is -0.0236. The molecule has 0 aliphatic rings. The summed E-state index contributed by atoms with van der Waals surface area (Å²) in [5, 5.41) is 9.07. The van der Waals surface area contributed by atoms with E-state index >= 15 is 0 Å². The molecule has 1 N–H and O–H groups in total. The predicted molar refractivity (Wildman–Crippen MR) is 84.4 cm³/mol. The van der Waals surface area contributed by atoms with Crippen LogP contribution in [0.1, 0.15) is 27.0 Å². The average Bonchev–Trinajstić information content (AvgIpc) is 2.85. The SMILES string of the molecule is CCc1ccc(CSc2ccc(Br)c(C(=O)O)c2)s1. The molecule has 2 aromatic rings. The van der Waals surface area contributed by atoms with Crippen LogP contribution >= 0.6 is 39.0 Å². The number of carboxylic acid groups (broad SMARTS) is 1. The molecule has 1 aromatic heterocycles. The first-order valence-electron chi connectivity index (χ1n) is 5.83. The van der Waals surface area contributed by atoms with E-state index in [9.17, 15) is 4.79 Å². The van der Waals surface area contributed by atoms with Gasteiger partial charge in [-0.2, -0.15) is 0 Å². The third kappa shape index (κ3) is 3.84. The highest BCUT2D eigenvalue weighted by molar-refractivity contribution is 9.10. The number of benzene rings is 1. The van der Waals surface area contributed by atoms with Gasteiger partial charge in [0.1, 0.15) is 0 Å². The van der Waals surface area contributed by atoms with Crippen molar-refractivity contribution >= 4 is 45.0 Å². The molecule has 0 spiro atoms. The van der Waals surface area contributed by atoms with Gasteiger partial charge in [-0.25, -0.2) is 4.79 Å². The summed E-state index contributed by atoms with van der Waals surface area (Å²) in [7, 11) is 0. The van der Waals surface area contributed by atoms with Gasteiger partial charge in [-0.15, -0.1) is 23.1 Å². The lowest BCUT2D eigenvalue weighted by atomic mass is 10.2. The van der Waals surface area contributed by atoms with E-state index in [1.54, 1.807) is 23.9 Å². The maximum Gasteiger partial charge on any atom is 0.336 e. The molecule has 0 bridgehead atoms. The highest BCUT2D eigenvalue weighted by Gasteiger charge is 2.09. The molecule has 1 heterocycles. The van der Waals surface area contributed by atoms with Crippen LogP contribution in [0.2, 0.25) is 0 Å². The zero-order chi connectivity index (χ0) is 13.8. The normalized spacial score (nSPS) is 10.6. The largest absolute Gasteiger partial charge is 0.478 e. The Kier molecular flexibility index (Phi) is 5.07. The van der Waals surface area contributed by atoms with Crippen LogP contribution in [0.4, 0.5) is 0 Å². The van der Waals surface area contributed by atoms with E-state index in [1.807, 2.05) is 17.4 Å². The first-order valence-corrected chi connectivity index (χ1v) is 8.43. The predicted octanol–water partition coefficient (Wildman–Crippen LogP) is 5.06. The number of aryl methyl sites for hydroxylation is 1. The molecular formula is C14H13BrO2S2. The van der Waals surface area contributed by atoms with Crippen molar-refractivity contribution in [3.8, 4) is 0 Å². The number of halogens is 1. The summed E-state index contributed by atoms with van der Waals surface area (Å²) >= 11 is 6.73. The Labute approximate surface area is 129 Å². The molecule has 0 radical (unpaired) electrons. The van der Waals surface area contributed by atoms with Crippen molar-refractivity contribution in [1.29, 1.82) is 0 Å². The summed E-state index contributed by atoms with van der Waals surface area (Å²) < 4.78 is 0.619. The fourth-order valence-corrected chi connectivity index (χ4v) is 3.96. The second kappa shape index (κ2) is 6.59. The number of carbonyl (C=O) groups is 1. The molecule has 0 amide bonds. The van der Waals surface area contributed by atoms with Crippen LogP contribution in [-0.2, 0) is 12.2 Å². The first-order chi connectivity index (χ1) is 9.10. The van der Waals surface area contributed by atoms with Crippen LogP contribution in [0.15, 0.2) is 39.7 Å². The maximum absolute atomic E-state index is 11.1. The van der Waals surface area contributed by atoms with Crippen LogP contribution in [0.3, 0.4) is 0 Å². The van der Waals surface area contributed by atoms with E-state index in [-0.39, 0.29) is 0 Å². The third-order valence-electron chi connectivity index (χ3n) is 2.62. The smallest absolute Gasteiger partial charge is 0.336 e. The highest BCUT2D eigenvalue weighted by Crippen LogP contribution is 2.29. The van der Waals surface area contributed by atoms with E-state index in [1.165, 1.54) is 9.75 Å². The fourth-order valence-electron chi connectivity index (χ4n) is 1.60. The Morgan fingerprint density at radius 1 is 1.32 bits per heavy atom. The molecule has 0 aliphatic heterocycles. The first kappa shape index (κ1) is 14.6. The van der Waals surface area contributed by atoms with Crippen molar-refractivity contribution in [2.75, 3.05) is 0 Å². The molecule has 0 saturated heterocycles. The number of rotatable bonds is 5. The lowest BCUT2D eigenvalue weighted by Gasteiger charge is -2.03. The van der Waals surface area contributed by atoms with Gasteiger partial charge in [-0.3, -0.25) is 0 Å². The molecule has 0 aliphatic carbocycles. The Balaban J connectivity index is 2.07. The zero-order valence-corrected chi connectivity index (χ0v) is 13.6. The van der Waals surface area contributed by atoms with Gasteiger partial charge in [0.05, 0.1) is 5.56 Å². The van der Waals surface area contributed by atoms with E-state index < -0.39 is 5.97 Å². The Morgan fingerprint density at radius 2 is 2.05 bits per heavy atom. The molecule has 2 nitrogen and oxygen atoms in total. The van der Waals surface area contributed by atoms with Gasteiger partial charge in [0.15, 0.2) is 0 Å². The van der Waals surface area contributed by atoms with Gasteiger partial charge in [-0.05, 0) is 52.7 Å². The molecule has 100 valence electrons. The van der Waals surface area contributed by atoms with Gasteiger partial charge in [0.25, 0.3) is 0 Å². The van der Waals surface area contributed by atoms with Crippen LogP contribution in [0.25, 0.3) is 0 Å². The maximum atomic E-state index is 11.1. The van der Waals surface area contributed by atoms with E-state index in [4.69, 9.17) is 5.11 Å². The number of aromatic carboxylic acids is 1. The molecule has 0 atom stereocenters. The average molecular weight is 357 g/mol. The van der Waals surface area contributed by atoms with Gasteiger partial charge < -0.3 is 5.11 Å². The number of hydrogen-bond donors (Lipinski definition) is 1. The lowest BCUT2D eigenvalue weighted by molar-refractivity contribution is 0.0695. The number of hydrogen-bond acceptors (Lipinski definition) is 3. The van der Waals surface area contributed by atoms with Gasteiger partial charge >= 0.3 is 5.97 Å². The van der Waals surface area contributed by atoms with E-state index in [0.717, 1.165) is 17.1 Å². The Hall–Kier alpha value is -0.780.